The highest BCUT2D eigenvalue weighted by Crippen LogP contribution is 2.54. The molecule has 5 aromatic carbocycles. The van der Waals surface area contributed by atoms with Crippen LogP contribution in [0, 0.1) is 0 Å². The molecule has 1 aliphatic rings. The molecule has 4 N–H and O–H groups in total. The number of nitrogens with zero attached hydrogens (tertiary/aromatic N) is 1. The normalized spacial score (nSPS) is 14.3. The molecule has 0 saturated carbocycles. The third-order valence-corrected chi connectivity index (χ3v) is 9.78. The lowest BCUT2D eigenvalue weighted by atomic mass is 9.78. The van der Waals surface area contributed by atoms with E-state index in [9.17, 15) is 0 Å². The molecule has 7 rings (SSSR count). The van der Waals surface area contributed by atoms with E-state index in [4.69, 9.17) is 11.5 Å². The molecule has 0 aliphatic heterocycles. The van der Waals surface area contributed by atoms with Gasteiger partial charge >= 0.3 is 0 Å². The fourth-order valence-corrected chi connectivity index (χ4v) is 7.26. The Bertz CT molecular complexity index is 2040. The van der Waals surface area contributed by atoms with Crippen LogP contribution < -0.4 is 11.5 Å². The molecule has 0 amide bonds. The topological polar surface area (TPSA) is 57.0 Å². The number of anilines is 2. The summed E-state index contributed by atoms with van der Waals surface area (Å²) < 4.78 is 2.41. The number of hydrogen-bond donors (Lipinski definition) is 2. The number of rotatable bonds is 2. The maximum absolute atomic E-state index is 6.76. The number of benzene rings is 5. The third-order valence-electron chi connectivity index (χ3n) is 9.78. The zero-order valence-electron chi connectivity index (χ0n) is 27.3. The van der Waals surface area contributed by atoms with Crippen molar-refractivity contribution in [2.24, 2.45) is 0 Å². The molecule has 0 radical (unpaired) electrons. The van der Waals surface area contributed by atoms with Crippen LogP contribution >= 0.6 is 0 Å². The fourth-order valence-electron chi connectivity index (χ4n) is 7.26. The Kier molecular flexibility index (Phi) is 5.95. The summed E-state index contributed by atoms with van der Waals surface area (Å²) >= 11 is 0. The first kappa shape index (κ1) is 28.3. The van der Waals surface area contributed by atoms with E-state index in [1.54, 1.807) is 0 Å². The van der Waals surface area contributed by atoms with E-state index in [1.165, 1.54) is 55.2 Å². The summed E-state index contributed by atoms with van der Waals surface area (Å²) in [5, 5.41) is 2.60. The highest BCUT2D eigenvalue weighted by Gasteiger charge is 2.38. The van der Waals surface area contributed by atoms with Gasteiger partial charge in [0.15, 0.2) is 0 Å². The van der Waals surface area contributed by atoms with Crippen molar-refractivity contribution in [3.8, 4) is 27.9 Å². The maximum Gasteiger partial charge on any atom is 0.0541 e. The molecule has 1 aromatic heterocycles. The van der Waals surface area contributed by atoms with Gasteiger partial charge in [0.2, 0.25) is 0 Å². The van der Waals surface area contributed by atoms with Crippen LogP contribution in [0.15, 0.2) is 91.0 Å². The smallest absolute Gasteiger partial charge is 0.0541 e. The summed E-state index contributed by atoms with van der Waals surface area (Å²) in [6.07, 6.45) is 0. The summed E-state index contributed by atoms with van der Waals surface area (Å²) in [4.78, 5) is 0. The van der Waals surface area contributed by atoms with E-state index in [0.29, 0.717) is 0 Å². The van der Waals surface area contributed by atoms with E-state index in [-0.39, 0.29) is 16.2 Å². The molecule has 0 unspecified atom stereocenters. The van der Waals surface area contributed by atoms with Crippen molar-refractivity contribution < 1.29 is 0 Å². The number of hydrogen-bond acceptors (Lipinski definition) is 2. The van der Waals surface area contributed by atoms with Crippen LogP contribution in [0.1, 0.15) is 77.6 Å². The lowest BCUT2D eigenvalue weighted by Crippen LogP contribution is -2.17. The minimum Gasteiger partial charge on any atom is -0.399 e. The second kappa shape index (κ2) is 9.25. The van der Waals surface area contributed by atoms with Gasteiger partial charge in [0.1, 0.15) is 0 Å². The van der Waals surface area contributed by atoms with Crippen LogP contribution in [0.4, 0.5) is 11.4 Å². The van der Waals surface area contributed by atoms with Gasteiger partial charge in [-0.25, -0.2) is 0 Å². The van der Waals surface area contributed by atoms with Gasteiger partial charge in [0.25, 0.3) is 0 Å². The molecule has 0 atom stereocenters. The lowest BCUT2D eigenvalue weighted by molar-refractivity contribution is 0.590. The molecule has 0 saturated heterocycles. The Labute approximate surface area is 261 Å². The lowest BCUT2D eigenvalue weighted by Gasteiger charge is -2.25. The zero-order valence-corrected chi connectivity index (χ0v) is 27.3. The minimum absolute atomic E-state index is 0.0704. The Morgan fingerprint density at radius 1 is 0.591 bits per heavy atom. The summed E-state index contributed by atoms with van der Waals surface area (Å²) in [5.41, 5.74) is 28.0. The first-order valence-corrected chi connectivity index (χ1v) is 15.7. The number of nitrogen functional groups attached to an aromatic ring is 2. The zero-order chi connectivity index (χ0) is 31.3. The van der Waals surface area contributed by atoms with Crippen LogP contribution in [0.25, 0.3) is 49.7 Å². The highest BCUT2D eigenvalue weighted by molar-refractivity contribution is 6.10. The van der Waals surface area contributed by atoms with Gasteiger partial charge in [-0.15, -0.1) is 0 Å². The SMILES string of the molecule is CC(C)(C)c1ccc2c(c1)c1cc(C(C)(C)C)ccc1n2-c1ccc(-c2c(N)ccc3c2C(C)(C)c2cc(N)ccc2-3)cc1. The van der Waals surface area contributed by atoms with Crippen molar-refractivity contribution in [2.45, 2.75) is 71.6 Å². The Morgan fingerprint density at radius 2 is 1.14 bits per heavy atom. The van der Waals surface area contributed by atoms with E-state index < -0.39 is 0 Å². The molecule has 3 nitrogen and oxygen atoms in total. The molecular formula is C41H43N3. The predicted octanol–water partition coefficient (Wildman–Crippen LogP) is 10.5. The fraction of sp³-hybridized carbons (Fsp3) is 0.268. The molecule has 0 bridgehead atoms. The summed E-state index contributed by atoms with van der Waals surface area (Å²) in [5.74, 6) is 0. The predicted molar refractivity (Wildman–Crippen MR) is 190 cm³/mol. The quantitative estimate of drug-likeness (QED) is 0.201. The van der Waals surface area contributed by atoms with E-state index in [1.807, 2.05) is 6.07 Å². The van der Waals surface area contributed by atoms with Crippen LogP contribution in [-0.2, 0) is 16.2 Å². The molecule has 3 heteroatoms. The van der Waals surface area contributed by atoms with Crippen LogP contribution in [0.2, 0.25) is 0 Å². The van der Waals surface area contributed by atoms with E-state index in [0.717, 1.165) is 28.2 Å². The second-order valence-electron chi connectivity index (χ2n) is 15.2. The van der Waals surface area contributed by atoms with E-state index >= 15 is 0 Å². The summed E-state index contributed by atoms with van der Waals surface area (Å²) in [6.45, 7) is 18.3. The van der Waals surface area contributed by atoms with Gasteiger partial charge in [-0.2, -0.15) is 0 Å². The van der Waals surface area contributed by atoms with Crippen LogP contribution in [-0.4, -0.2) is 4.57 Å². The molecular weight excluding hydrogens is 534 g/mol. The Hall–Kier alpha value is -4.50. The monoisotopic (exact) mass is 577 g/mol. The van der Waals surface area contributed by atoms with Crippen molar-refractivity contribution in [1.29, 1.82) is 0 Å². The number of fused-ring (bicyclic) bond motifs is 6. The van der Waals surface area contributed by atoms with Gasteiger partial charge in [-0.3, -0.25) is 0 Å². The summed E-state index contributed by atoms with van der Waals surface area (Å²) in [7, 11) is 0. The van der Waals surface area contributed by atoms with Gasteiger partial charge in [-0.05, 0) is 104 Å². The molecule has 1 heterocycles. The van der Waals surface area contributed by atoms with Gasteiger partial charge in [0.05, 0.1) is 11.0 Å². The molecule has 6 aromatic rings. The van der Waals surface area contributed by atoms with Gasteiger partial charge < -0.3 is 16.0 Å². The van der Waals surface area contributed by atoms with Crippen LogP contribution in [0.3, 0.4) is 0 Å². The Balaban J connectivity index is 1.41. The van der Waals surface area contributed by atoms with Crippen molar-refractivity contribution in [3.63, 3.8) is 0 Å². The van der Waals surface area contributed by atoms with E-state index in [2.05, 4.69) is 145 Å². The first-order valence-electron chi connectivity index (χ1n) is 15.7. The second-order valence-corrected chi connectivity index (χ2v) is 15.2. The number of aromatic nitrogens is 1. The van der Waals surface area contributed by atoms with Crippen molar-refractivity contribution in [1.82, 2.24) is 4.57 Å². The first-order chi connectivity index (χ1) is 20.7. The highest BCUT2D eigenvalue weighted by atomic mass is 15.0. The van der Waals surface area contributed by atoms with Crippen molar-refractivity contribution >= 4 is 33.2 Å². The maximum atomic E-state index is 6.76. The molecule has 44 heavy (non-hydrogen) atoms. The molecule has 222 valence electrons. The van der Waals surface area contributed by atoms with Crippen LogP contribution in [0.5, 0.6) is 0 Å². The summed E-state index contributed by atoms with van der Waals surface area (Å²) in [6, 6.07) is 33.4. The molecule has 0 spiro atoms. The Morgan fingerprint density at radius 3 is 1.68 bits per heavy atom. The van der Waals surface area contributed by atoms with Crippen molar-refractivity contribution in [2.75, 3.05) is 11.5 Å². The van der Waals surface area contributed by atoms with Gasteiger partial charge in [-0.1, -0.05) is 91.8 Å². The molecule has 0 fully saturated rings. The average molecular weight is 578 g/mol. The molecule has 1 aliphatic carbocycles. The number of nitrogens with two attached hydrogens (primary N) is 2. The minimum atomic E-state index is -0.216. The third kappa shape index (κ3) is 4.17. The standard InChI is InChI=1S/C41H43N3/c1-39(2,3)25-11-19-35-31(21-25)32-22-26(40(4,5)6)12-20-36(32)44(35)28-14-9-24(10-15-28)37-34(43)18-17-30-29-16-13-27(42)23-33(29)41(7,8)38(30)37/h9-23H,42-43H2,1-8H3. The van der Waals surface area contributed by atoms with Crippen molar-refractivity contribution in [3.05, 3.63) is 113 Å². The largest absolute Gasteiger partial charge is 0.399 e. The van der Waals surface area contributed by atoms with Gasteiger partial charge in [0, 0.05) is 38.8 Å². The average Bonchev–Trinajstić information content (AvgIpc) is 3.40.